The summed E-state index contributed by atoms with van der Waals surface area (Å²) in [6, 6.07) is 13.5. The van der Waals surface area contributed by atoms with Gasteiger partial charge in [0.2, 0.25) is 0 Å². The summed E-state index contributed by atoms with van der Waals surface area (Å²) in [6.45, 7) is 6.33. The van der Waals surface area contributed by atoms with E-state index in [9.17, 15) is 4.79 Å². The van der Waals surface area contributed by atoms with Crippen LogP contribution < -0.4 is 14.2 Å². The van der Waals surface area contributed by atoms with Gasteiger partial charge in [-0.2, -0.15) is 0 Å². The van der Waals surface area contributed by atoms with E-state index in [0.29, 0.717) is 30.3 Å². The number of carbonyl (C=O) groups excluding carboxylic acids is 1. The average molecular weight is 386 g/mol. The topological polar surface area (TPSA) is 63.2 Å². The van der Waals surface area contributed by atoms with E-state index >= 15 is 0 Å². The number of carbonyl (C=O) groups is 1. The molecule has 0 fully saturated rings. The number of hydrogen-bond acceptors (Lipinski definition) is 6. The lowest BCUT2D eigenvalue weighted by molar-refractivity contribution is -0.139. The van der Waals surface area contributed by atoms with Crippen molar-refractivity contribution in [1.29, 1.82) is 0 Å². The molecule has 28 heavy (non-hydrogen) atoms. The fourth-order valence-electron chi connectivity index (χ4n) is 2.35. The molecule has 2 aromatic carbocycles. The number of hydrogen-bond donors (Lipinski definition) is 0. The van der Waals surface area contributed by atoms with Gasteiger partial charge in [-0.3, -0.25) is 0 Å². The Morgan fingerprint density at radius 3 is 2.14 bits per heavy atom. The van der Waals surface area contributed by atoms with Crippen molar-refractivity contribution in [3.05, 3.63) is 54.6 Å². The van der Waals surface area contributed by atoms with Gasteiger partial charge in [-0.15, -0.1) is 0 Å². The number of rotatable bonds is 11. The molecule has 2 rings (SSSR count). The highest BCUT2D eigenvalue weighted by atomic mass is 16.6. The van der Waals surface area contributed by atoms with Crippen LogP contribution in [0.5, 0.6) is 17.2 Å². The molecule has 0 aliphatic rings. The third-order valence-electron chi connectivity index (χ3n) is 3.83. The molecule has 0 aliphatic carbocycles. The molecule has 0 saturated heterocycles. The summed E-state index contributed by atoms with van der Waals surface area (Å²) < 4.78 is 26.8. The molecule has 0 bridgehead atoms. The molecule has 2 aromatic rings. The Bertz CT molecular complexity index is 782. The summed E-state index contributed by atoms with van der Waals surface area (Å²) in [6.07, 6.45) is 0. The fourth-order valence-corrected chi connectivity index (χ4v) is 2.35. The van der Waals surface area contributed by atoms with E-state index in [2.05, 4.69) is 6.58 Å². The zero-order valence-electron chi connectivity index (χ0n) is 16.5. The molecule has 150 valence electrons. The third kappa shape index (κ3) is 6.32. The molecule has 0 spiro atoms. The van der Waals surface area contributed by atoms with Crippen LogP contribution in [0.25, 0.3) is 11.1 Å². The van der Waals surface area contributed by atoms with Gasteiger partial charge >= 0.3 is 5.97 Å². The Morgan fingerprint density at radius 1 is 0.857 bits per heavy atom. The molecule has 6 heteroatoms. The Morgan fingerprint density at radius 2 is 1.50 bits per heavy atom. The van der Waals surface area contributed by atoms with Crippen molar-refractivity contribution < 1.29 is 28.5 Å². The Balaban J connectivity index is 2.10. The highest BCUT2D eigenvalue weighted by Crippen LogP contribution is 2.33. The van der Waals surface area contributed by atoms with Crippen LogP contribution in [0.4, 0.5) is 0 Å². The summed E-state index contributed by atoms with van der Waals surface area (Å²) in [5.41, 5.74) is 2.36. The Labute approximate surface area is 165 Å². The second-order valence-electron chi connectivity index (χ2n) is 6.00. The minimum Gasteiger partial charge on any atom is -0.497 e. The van der Waals surface area contributed by atoms with Gasteiger partial charge in [0.1, 0.15) is 25.6 Å². The third-order valence-corrected chi connectivity index (χ3v) is 3.83. The van der Waals surface area contributed by atoms with E-state index in [1.807, 2.05) is 42.5 Å². The van der Waals surface area contributed by atoms with Crippen LogP contribution in [0.2, 0.25) is 0 Å². The maximum absolute atomic E-state index is 11.4. The zero-order valence-corrected chi connectivity index (χ0v) is 16.5. The van der Waals surface area contributed by atoms with Crippen LogP contribution in [0, 0.1) is 0 Å². The Hall–Kier alpha value is -2.99. The van der Waals surface area contributed by atoms with E-state index in [1.54, 1.807) is 21.1 Å². The first-order valence-corrected chi connectivity index (χ1v) is 8.90. The summed E-state index contributed by atoms with van der Waals surface area (Å²) in [4.78, 5) is 11.4. The van der Waals surface area contributed by atoms with Crippen molar-refractivity contribution in [2.75, 3.05) is 40.6 Å². The van der Waals surface area contributed by atoms with Gasteiger partial charge in [-0.05, 0) is 42.3 Å². The van der Waals surface area contributed by atoms with Crippen LogP contribution in [0.15, 0.2) is 54.6 Å². The van der Waals surface area contributed by atoms with E-state index in [4.69, 9.17) is 23.7 Å². The molecular formula is C22H26O6. The zero-order chi connectivity index (χ0) is 20.4. The second kappa shape index (κ2) is 11.0. The summed E-state index contributed by atoms with van der Waals surface area (Å²) in [7, 11) is 3.25. The summed E-state index contributed by atoms with van der Waals surface area (Å²) in [5, 5.41) is 0. The van der Waals surface area contributed by atoms with Crippen LogP contribution >= 0.6 is 0 Å². The van der Waals surface area contributed by atoms with Crippen LogP contribution in [0.3, 0.4) is 0 Å². The largest absolute Gasteiger partial charge is 0.497 e. The lowest BCUT2D eigenvalue weighted by Crippen LogP contribution is -2.13. The van der Waals surface area contributed by atoms with E-state index in [0.717, 1.165) is 16.9 Å². The average Bonchev–Trinajstić information content (AvgIpc) is 2.71. The monoisotopic (exact) mass is 386 g/mol. The maximum atomic E-state index is 11.4. The first-order valence-electron chi connectivity index (χ1n) is 8.90. The molecular weight excluding hydrogens is 360 g/mol. The molecule has 0 N–H and O–H groups in total. The number of ether oxygens (including phenoxy) is 5. The van der Waals surface area contributed by atoms with Gasteiger partial charge in [0, 0.05) is 12.7 Å². The quantitative estimate of drug-likeness (QED) is 0.332. The van der Waals surface area contributed by atoms with Gasteiger partial charge < -0.3 is 23.7 Å². The van der Waals surface area contributed by atoms with Crippen LogP contribution in [0.1, 0.15) is 6.92 Å². The van der Waals surface area contributed by atoms with Gasteiger partial charge in [-0.25, -0.2) is 4.79 Å². The molecule has 0 aromatic heterocycles. The normalized spacial score (nSPS) is 10.2. The first-order chi connectivity index (χ1) is 13.5. The molecule has 0 saturated carbocycles. The molecule has 6 nitrogen and oxygen atoms in total. The lowest BCUT2D eigenvalue weighted by atomic mass is 10.1. The van der Waals surface area contributed by atoms with Gasteiger partial charge in [0.05, 0.1) is 13.7 Å². The van der Waals surface area contributed by atoms with Gasteiger partial charge in [0.25, 0.3) is 0 Å². The van der Waals surface area contributed by atoms with E-state index in [1.165, 1.54) is 0 Å². The predicted octanol–water partition coefficient (Wildman–Crippen LogP) is 3.89. The highest BCUT2D eigenvalue weighted by Gasteiger charge is 2.10. The van der Waals surface area contributed by atoms with Crippen molar-refractivity contribution in [2.45, 2.75) is 6.92 Å². The van der Waals surface area contributed by atoms with Crippen molar-refractivity contribution in [2.24, 2.45) is 0 Å². The van der Waals surface area contributed by atoms with E-state index < -0.39 is 5.97 Å². The second-order valence-corrected chi connectivity index (χ2v) is 6.00. The summed E-state index contributed by atoms with van der Waals surface area (Å²) in [5.74, 6) is 1.52. The van der Waals surface area contributed by atoms with Crippen LogP contribution in [-0.4, -0.2) is 46.6 Å². The van der Waals surface area contributed by atoms with E-state index in [-0.39, 0.29) is 13.2 Å². The lowest BCUT2D eigenvalue weighted by Gasteiger charge is -2.14. The molecule has 0 unspecified atom stereocenters. The van der Waals surface area contributed by atoms with Gasteiger partial charge in [-0.1, -0.05) is 24.8 Å². The number of esters is 1. The maximum Gasteiger partial charge on any atom is 0.333 e. The van der Waals surface area contributed by atoms with Crippen molar-refractivity contribution in [1.82, 2.24) is 0 Å². The van der Waals surface area contributed by atoms with Crippen LogP contribution in [-0.2, 0) is 14.3 Å². The first kappa shape index (κ1) is 21.3. The fraction of sp³-hybridized carbons (Fsp3) is 0.318. The molecule has 0 atom stereocenters. The summed E-state index contributed by atoms with van der Waals surface area (Å²) >= 11 is 0. The Kier molecular flexibility index (Phi) is 8.37. The minimum atomic E-state index is -0.435. The molecule has 0 amide bonds. The molecule has 0 heterocycles. The standard InChI is InChI=1S/C22H26O6/c1-16(2)22(23)28-14-13-26-20-10-7-18(15-21(20)27-12-11-24-3)17-5-8-19(25-4)9-6-17/h5-10,15H,1,11-14H2,2-4H3. The van der Waals surface area contributed by atoms with Gasteiger partial charge in [0.15, 0.2) is 11.5 Å². The van der Waals surface area contributed by atoms with Crippen molar-refractivity contribution >= 4 is 5.97 Å². The van der Waals surface area contributed by atoms with Crippen molar-refractivity contribution in [3.63, 3.8) is 0 Å². The highest BCUT2D eigenvalue weighted by molar-refractivity contribution is 5.86. The molecule has 0 aliphatic heterocycles. The smallest absolute Gasteiger partial charge is 0.333 e. The minimum absolute atomic E-state index is 0.128. The molecule has 0 radical (unpaired) electrons. The van der Waals surface area contributed by atoms with Crippen molar-refractivity contribution in [3.8, 4) is 28.4 Å². The number of benzene rings is 2. The number of methoxy groups -OCH3 is 2. The SMILES string of the molecule is C=C(C)C(=O)OCCOc1ccc(-c2ccc(OC)cc2)cc1OCCOC. The predicted molar refractivity (Wildman–Crippen MR) is 107 cm³/mol.